The molecule has 2 aromatic rings. The van der Waals surface area contributed by atoms with Crippen molar-refractivity contribution in [3.8, 4) is 0 Å². The van der Waals surface area contributed by atoms with Crippen molar-refractivity contribution in [2.24, 2.45) is 0 Å². The summed E-state index contributed by atoms with van der Waals surface area (Å²) in [5.41, 5.74) is 3.07. The summed E-state index contributed by atoms with van der Waals surface area (Å²) in [7, 11) is 0. The van der Waals surface area contributed by atoms with Crippen LogP contribution < -0.4 is 4.90 Å². The van der Waals surface area contributed by atoms with Crippen LogP contribution in [-0.4, -0.2) is 61.8 Å². The number of fused-ring (bicyclic) bond motifs is 1. The molecule has 162 valence electrons. The van der Waals surface area contributed by atoms with E-state index in [0.29, 0.717) is 31.3 Å². The van der Waals surface area contributed by atoms with Gasteiger partial charge < -0.3 is 14.5 Å². The minimum Gasteiger partial charge on any atom is -0.380 e. The maximum Gasteiger partial charge on any atom is 0.325 e. The lowest BCUT2D eigenvalue weighted by Crippen LogP contribution is -2.52. The second kappa shape index (κ2) is 10.8. The van der Waals surface area contributed by atoms with Gasteiger partial charge in [-0.05, 0) is 43.8 Å². The van der Waals surface area contributed by atoms with Gasteiger partial charge in [0, 0.05) is 30.3 Å². The van der Waals surface area contributed by atoms with Gasteiger partial charge in [0.05, 0.1) is 24.9 Å². The first-order valence-corrected chi connectivity index (χ1v) is 11.2. The van der Waals surface area contributed by atoms with Crippen LogP contribution in [0.5, 0.6) is 0 Å². The fourth-order valence-electron chi connectivity index (χ4n) is 4.05. The summed E-state index contributed by atoms with van der Waals surface area (Å²) in [6.07, 6.45) is 0. The molecule has 0 aromatic heterocycles. The Morgan fingerprint density at radius 1 is 1.03 bits per heavy atom. The Kier molecular flexibility index (Phi) is 8.14. The predicted molar refractivity (Wildman–Crippen MR) is 123 cm³/mol. The van der Waals surface area contributed by atoms with E-state index in [4.69, 9.17) is 16.3 Å². The number of likely N-dealkylation sites (N-methyl/N-ethyl adjacent to an activating group) is 1. The summed E-state index contributed by atoms with van der Waals surface area (Å²) in [5.74, 6) is 0. The van der Waals surface area contributed by atoms with Crippen molar-refractivity contribution in [2.45, 2.75) is 26.8 Å². The Hall–Kier alpha value is -2.08. The highest BCUT2D eigenvalue weighted by atomic mass is 35.5. The molecule has 1 aliphatic rings. The van der Waals surface area contributed by atoms with Gasteiger partial charge in [0.2, 0.25) is 0 Å². The molecule has 0 aliphatic carbocycles. The number of ether oxygens (including phenoxy) is 1. The predicted octanol–water partition coefficient (Wildman–Crippen LogP) is 5.05. The van der Waals surface area contributed by atoms with Crippen molar-refractivity contribution in [3.63, 3.8) is 0 Å². The molecule has 1 aliphatic heterocycles. The SMILES string of the molecule is CCOCCN1C(=O)N(CCN(CC)CC)C(c2ccccc2)c2cc(Cl)ccc21. The fourth-order valence-corrected chi connectivity index (χ4v) is 4.23. The van der Waals surface area contributed by atoms with Crippen LogP contribution in [0.2, 0.25) is 5.02 Å². The van der Waals surface area contributed by atoms with E-state index in [-0.39, 0.29) is 12.1 Å². The lowest BCUT2D eigenvalue weighted by molar-refractivity contribution is 0.145. The molecule has 0 bridgehead atoms. The smallest absolute Gasteiger partial charge is 0.325 e. The summed E-state index contributed by atoms with van der Waals surface area (Å²) >= 11 is 6.41. The second-order valence-electron chi connectivity index (χ2n) is 7.37. The third kappa shape index (κ3) is 4.97. The Labute approximate surface area is 185 Å². The van der Waals surface area contributed by atoms with Crippen molar-refractivity contribution < 1.29 is 9.53 Å². The molecule has 1 heterocycles. The van der Waals surface area contributed by atoms with E-state index in [0.717, 1.165) is 36.4 Å². The Bertz CT molecular complexity index is 826. The number of nitrogens with zero attached hydrogens (tertiary/aromatic N) is 3. The zero-order valence-electron chi connectivity index (χ0n) is 18.2. The lowest BCUT2D eigenvalue weighted by atomic mass is 9.93. The van der Waals surface area contributed by atoms with Crippen molar-refractivity contribution in [1.29, 1.82) is 0 Å². The van der Waals surface area contributed by atoms with Gasteiger partial charge in [0.15, 0.2) is 0 Å². The molecule has 2 amide bonds. The molecule has 0 radical (unpaired) electrons. The molecule has 3 rings (SSSR count). The highest BCUT2D eigenvalue weighted by Gasteiger charge is 2.38. The zero-order chi connectivity index (χ0) is 21.5. The first-order chi connectivity index (χ1) is 14.6. The Balaban J connectivity index is 2.03. The Morgan fingerprint density at radius 3 is 2.43 bits per heavy atom. The minimum absolute atomic E-state index is 0.0190. The van der Waals surface area contributed by atoms with Crippen molar-refractivity contribution in [3.05, 3.63) is 64.7 Å². The van der Waals surface area contributed by atoms with Gasteiger partial charge in [-0.15, -0.1) is 0 Å². The van der Waals surface area contributed by atoms with Crippen molar-refractivity contribution in [1.82, 2.24) is 9.80 Å². The maximum atomic E-state index is 13.7. The van der Waals surface area contributed by atoms with Gasteiger partial charge in [-0.1, -0.05) is 55.8 Å². The molecule has 6 heteroatoms. The fraction of sp³-hybridized carbons (Fsp3) is 0.458. The van der Waals surface area contributed by atoms with E-state index >= 15 is 0 Å². The van der Waals surface area contributed by atoms with Crippen LogP contribution in [0.25, 0.3) is 0 Å². The van der Waals surface area contributed by atoms with E-state index in [9.17, 15) is 4.79 Å². The number of anilines is 1. The van der Waals surface area contributed by atoms with Gasteiger partial charge >= 0.3 is 6.03 Å². The lowest BCUT2D eigenvalue weighted by Gasteiger charge is -2.43. The molecular weight excluding hydrogens is 398 g/mol. The van der Waals surface area contributed by atoms with E-state index in [1.54, 1.807) is 0 Å². The van der Waals surface area contributed by atoms with Gasteiger partial charge in [-0.2, -0.15) is 0 Å². The normalized spacial score (nSPS) is 16.3. The van der Waals surface area contributed by atoms with Crippen LogP contribution in [-0.2, 0) is 4.74 Å². The van der Waals surface area contributed by atoms with E-state index in [1.165, 1.54) is 0 Å². The number of amides is 2. The largest absolute Gasteiger partial charge is 0.380 e. The summed E-state index contributed by atoms with van der Waals surface area (Å²) in [4.78, 5) is 19.8. The number of carbonyl (C=O) groups excluding carboxylic acids is 1. The second-order valence-corrected chi connectivity index (χ2v) is 7.80. The molecule has 1 atom stereocenters. The first kappa shape index (κ1) is 22.6. The summed E-state index contributed by atoms with van der Waals surface area (Å²) in [6.45, 7) is 11.3. The first-order valence-electron chi connectivity index (χ1n) is 10.8. The van der Waals surface area contributed by atoms with Crippen molar-refractivity contribution >= 4 is 23.3 Å². The molecular formula is C24H32ClN3O2. The number of rotatable bonds is 10. The molecule has 30 heavy (non-hydrogen) atoms. The number of carbonyl (C=O) groups is 1. The zero-order valence-corrected chi connectivity index (χ0v) is 18.9. The third-order valence-electron chi connectivity index (χ3n) is 5.69. The number of urea groups is 1. The molecule has 5 nitrogen and oxygen atoms in total. The highest BCUT2D eigenvalue weighted by Crippen LogP contribution is 2.41. The number of hydrogen-bond donors (Lipinski definition) is 0. The van der Waals surface area contributed by atoms with Gasteiger partial charge in [0.25, 0.3) is 0 Å². The van der Waals surface area contributed by atoms with Gasteiger partial charge in [-0.3, -0.25) is 4.90 Å². The molecule has 0 fully saturated rings. The average molecular weight is 430 g/mol. The van der Waals surface area contributed by atoms with Crippen LogP contribution in [0.15, 0.2) is 48.5 Å². The monoisotopic (exact) mass is 429 g/mol. The number of benzene rings is 2. The minimum atomic E-state index is -0.161. The summed E-state index contributed by atoms with van der Waals surface area (Å²) in [6, 6.07) is 15.9. The Morgan fingerprint density at radius 2 is 1.77 bits per heavy atom. The topological polar surface area (TPSA) is 36.0 Å². The van der Waals surface area contributed by atoms with Crippen LogP contribution in [0.4, 0.5) is 10.5 Å². The van der Waals surface area contributed by atoms with Crippen molar-refractivity contribution in [2.75, 3.05) is 50.8 Å². The molecule has 2 aromatic carbocycles. The standard InChI is InChI=1S/C24H32ClN3O2/c1-4-26(5-2)14-15-28-23(19-10-8-7-9-11-19)21-18-20(25)12-13-22(21)27(24(28)29)16-17-30-6-3/h7-13,18,23H,4-6,14-17H2,1-3H3. The average Bonchev–Trinajstić information content (AvgIpc) is 2.77. The van der Waals surface area contributed by atoms with Gasteiger partial charge in [-0.25, -0.2) is 4.79 Å². The van der Waals surface area contributed by atoms with Crippen LogP contribution in [0.3, 0.4) is 0 Å². The molecule has 0 N–H and O–H groups in total. The number of hydrogen-bond acceptors (Lipinski definition) is 3. The molecule has 0 saturated heterocycles. The van der Waals surface area contributed by atoms with E-state index < -0.39 is 0 Å². The quantitative estimate of drug-likeness (QED) is 0.496. The van der Waals surface area contributed by atoms with Crippen LogP contribution >= 0.6 is 11.6 Å². The number of halogens is 1. The van der Waals surface area contributed by atoms with E-state index in [2.05, 4.69) is 30.9 Å². The molecule has 0 spiro atoms. The summed E-state index contributed by atoms with van der Waals surface area (Å²) in [5, 5.41) is 0.678. The highest BCUT2D eigenvalue weighted by molar-refractivity contribution is 6.30. The van der Waals surface area contributed by atoms with Crippen LogP contribution in [0.1, 0.15) is 37.9 Å². The summed E-state index contributed by atoms with van der Waals surface area (Å²) < 4.78 is 5.56. The van der Waals surface area contributed by atoms with Gasteiger partial charge in [0.1, 0.15) is 0 Å². The third-order valence-corrected chi connectivity index (χ3v) is 5.93. The molecule has 0 saturated carbocycles. The molecule has 1 unspecified atom stereocenters. The van der Waals surface area contributed by atoms with Crippen LogP contribution in [0, 0.1) is 0 Å². The maximum absolute atomic E-state index is 13.7. The van der Waals surface area contributed by atoms with E-state index in [1.807, 2.05) is 53.1 Å².